The molecule has 0 fully saturated rings. The lowest BCUT2D eigenvalue weighted by Crippen LogP contribution is -2.39. The van der Waals surface area contributed by atoms with Crippen molar-refractivity contribution < 1.29 is 26.7 Å². The molecular formula is C9H20N2O6S2. The highest BCUT2D eigenvalue weighted by Crippen LogP contribution is 2.01. The number of sulfonamides is 2. The number of hydrogen-bond donors (Lipinski definition) is 2. The lowest BCUT2D eigenvalue weighted by molar-refractivity contribution is -0.136. The first kappa shape index (κ1) is 18.3. The smallest absolute Gasteiger partial charge is 0.323 e. The highest BCUT2D eigenvalue weighted by atomic mass is 32.2. The maximum atomic E-state index is 11.5. The van der Waals surface area contributed by atoms with Gasteiger partial charge in [-0.3, -0.25) is 4.79 Å². The summed E-state index contributed by atoms with van der Waals surface area (Å²) >= 11 is 0. The third-order valence-corrected chi connectivity index (χ3v) is 5.64. The maximum Gasteiger partial charge on any atom is 0.323 e. The molecule has 0 bridgehead atoms. The maximum absolute atomic E-state index is 11.5. The number of hydrogen-bond acceptors (Lipinski definition) is 5. The third-order valence-electron chi connectivity index (χ3n) is 2.52. The first-order valence-electron chi connectivity index (χ1n) is 5.68. The molecule has 0 amide bonds. The minimum Gasteiger partial charge on any atom is -0.480 e. The second-order valence-corrected chi connectivity index (χ2v) is 8.10. The molecular weight excluding hydrogens is 296 g/mol. The third kappa shape index (κ3) is 6.32. The minimum atomic E-state index is -3.92. The summed E-state index contributed by atoms with van der Waals surface area (Å²) < 4.78 is 48.8. The normalized spacial score (nSPS) is 14.5. The standard InChI is InChI=1S/C9H20N2O6S2/c1-4-11(18(3,14)15)7-5-6-10-19(16,17)8(2)9(12)13/h8,10H,4-7H2,1-3H3,(H,12,13). The minimum absolute atomic E-state index is 0.00796. The summed E-state index contributed by atoms with van der Waals surface area (Å²) in [6.07, 6.45) is 1.35. The second-order valence-electron chi connectivity index (χ2n) is 4.03. The molecule has 0 radical (unpaired) electrons. The Kier molecular flexibility index (Phi) is 6.91. The molecule has 0 saturated carbocycles. The number of carboxylic acids is 1. The van der Waals surface area contributed by atoms with Gasteiger partial charge in [0.25, 0.3) is 0 Å². The second kappa shape index (κ2) is 7.17. The van der Waals surface area contributed by atoms with E-state index in [-0.39, 0.29) is 19.5 Å². The Morgan fingerprint density at radius 2 is 1.84 bits per heavy atom. The van der Waals surface area contributed by atoms with Gasteiger partial charge in [-0.25, -0.2) is 25.9 Å². The molecule has 0 aliphatic rings. The summed E-state index contributed by atoms with van der Waals surface area (Å²) in [5.74, 6) is -1.43. The number of aliphatic carboxylic acids is 1. The Morgan fingerprint density at radius 1 is 1.32 bits per heavy atom. The van der Waals surface area contributed by atoms with Gasteiger partial charge in [0.05, 0.1) is 6.26 Å². The number of carbonyl (C=O) groups is 1. The van der Waals surface area contributed by atoms with E-state index in [1.807, 2.05) is 0 Å². The van der Waals surface area contributed by atoms with E-state index in [9.17, 15) is 21.6 Å². The van der Waals surface area contributed by atoms with E-state index in [4.69, 9.17) is 5.11 Å². The first-order valence-corrected chi connectivity index (χ1v) is 9.08. The molecule has 0 spiro atoms. The fourth-order valence-electron chi connectivity index (χ4n) is 1.29. The Morgan fingerprint density at radius 3 is 2.21 bits per heavy atom. The van der Waals surface area contributed by atoms with E-state index < -0.39 is 31.3 Å². The van der Waals surface area contributed by atoms with Crippen molar-refractivity contribution in [2.45, 2.75) is 25.5 Å². The van der Waals surface area contributed by atoms with Gasteiger partial charge in [-0.05, 0) is 13.3 Å². The zero-order valence-corrected chi connectivity index (χ0v) is 12.8. The Bertz CT molecular complexity index is 499. The summed E-state index contributed by atoms with van der Waals surface area (Å²) in [6, 6.07) is 0. The Balaban J connectivity index is 4.29. The molecule has 2 N–H and O–H groups in total. The summed E-state index contributed by atoms with van der Waals surface area (Å²) in [6.45, 7) is 3.22. The molecule has 0 aromatic carbocycles. The predicted molar refractivity (Wildman–Crippen MR) is 70.7 cm³/mol. The van der Waals surface area contributed by atoms with Gasteiger partial charge >= 0.3 is 5.97 Å². The van der Waals surface area contributed by atoms with Crippen LogP contribution in [-0.4, -0.2) is 63.4 Å². The van der Waals surface area contributed by atoms with Crippen molar-refractivity contribution in [1.29, 1.82) is 0 Å². The molecule has 0 heterocycles. The van der Waals surface area contributed by atoms with Crippen LogP contribution in [-0.2, 0) is 24.8 Å². The van der Waals surface area contributed by atoms with Crippen LogP contribution in [0.3, 0.4) is 0 Å². The summed E-state index contributed by atoms with van der Waals surface area (Å²) in [7, 11) is -7.22. The molecule has 1 unspecified atom stereocenters. The molecule has 19 heavy (non-hydrogen) atoms. The van der Waals surface area contributed by atoms with Gasteiger partial charge in [0.1, 0.15) is 0 Å². The van der Waals surface area contributed by atoms with Crippen molar-refractivity contribution >= 4 is 26.0 Å². The Hall–Kier alpha value is -0.710. The van der Waals surface area contributed by atoms with Crippen LogP contribution in [0.2, 0.25) is 0 Å². The molecule has 0 aliphatic carbocycles. The van der Waals surface area contributed by atoms with Gasteiger partial charge in [0.15, 0.2) is 5.25 Å². The van der Waals surface area contributed by atoms with E-state index in [0.29, 0.717) is 6.54 Å². The van der Waals surface area contributed by atoms with Crippen LogP contribution in [0.15, 0.2) is 0 Å². The number of nitrogens with zero attached hydrogens (tertiary/aromatic N) is 1. The quantitative estimate of drug-likeness (QED) is 0.529. The fraction of sp³-hybridized carbons (Fsp3) is 0.889. The number of rotatable bonds is 9. The van der Waals surface area contributed by atoms with E-state index in [1.54, 1.807) is 6.92 Å². The van der Waals surface area contributed by atoms with Crippen LogP contribution < -0.4 is 4.72 Å². The topological polar surface area (TPSA) is 121 Å². The molecule has 0 rings (SSSR count). The van der Waals surface area contributed by atoms with Gasteiger partial charge in [-0.1, -0.05) is 6.92 Å². The number of carboxylic acid groups (broad SMARTS) is 1. The van der Waals surface area contributed by atoms with Crippen LogP contribution in [0.5, 0.6) is 0 Å². The van der Waals surface area contributed by atoms with Crippen molar-refractivity contribution in [3.63, 3.8) is 0 Å². The summed E-state index contributed by atoms with van der Waals surface area (Å²) in [5, 5.41) is 7.06. The van der Waals surface area contributed by atoms with Crippen LogP contribution in [0.25, 0.3) is 0 Å². The van der Waals surface area contributed by atoms with Crippen molar-refractivity contribution in [2.75, 3.05) is 25.9 Å². The van der Waals surface area contributed by atoms with E-state index in [2.05, 4.69) is 4.72 Å². The SMILES string of the molecule is CCN(CCCNS(=O)(=O)C(C)C(=O)O)S(C)(=O)=O. The van der Waals surface area contributed by atoms with E-state index >= 15 is 0 Å². The fourth-order valence-corrected chi connectivity index (χ4v) is 3.16. The van der Waals surface area contributed by atoms with E-state index in [0.717, 1.165) is 13.2 Å². The molecule has 10 heteroatoms. The summed E-state index contributed by atoms with van der Waals surface area (Å²) in [5.41, 5.74) is 0. The summed E-state index contributed by atoms with van der Waals surface area (Å²) in [4.78, 5) is 10.6. The van der Waals surface area contributed by atoms with Gasteiger partial charge in [-0.15, -0.1) is 0 Å². The molecule has 8 nitrogen and oxygen atoms in total. The van der Waals surface area contributed by atoms with Crippen LogP contribution >= 0.6 is 0 Å². The molecule has 0 aromatic rings. The van der Waals surface area contributed by atoms with Crippen molar-refractivity contribution in [3.8, 4) is 0 Å². The molecule has 0 aliphatic heterocycles. The lowest BCUT2D eigenvalue weighted by atomic mass is 10.4. The van der Waals surface area contributed by atoms with Crippen molar-refractivity contribution in [3.05, 3.63) is 0 Å². The number of nitrogens with one attached hydrogen (secondary N) is 1. The van der Waals surface area contributed by atoms with Crippen LogP contribution in [0.4, 0.5) is 0 Å². The van der Waals surface area contributed by atoms with Gasteiger partial charge in [0, 0.05) is 19.6 Å². The van der Waals surface area contributed by atoms with E-state index in [1.165, 1.54) is 4.31 Å². The van der Waals surface area contributed by atoms with Gasteiger partial charge in [-0.2, -0.15) is 0 Å². The average molecular weight is 316 g/mol. The monoisotopic (exact) mass is 316 g/mol. The highest BCUT2D eigenvalue weighted by Gasteiger charge is 2.26. The predicted octanol–water partition coefficient (Wildman–Crippen LogP) is -0.949. The largest absolute Gasteiger partial charge is 0.480 e. The molecule has 1 atom stereocenters. The van der Waals surface area contributed by atoms with Crippen LogP contribution in [0.1, 0.15) is 20.3 Å². The zero-order chi connectivity index (χ0) is 15.3. The molecule has 0 aromatic heterocycles. The highest BCUT2D eigenvalue weighted by molar-refractivity contribution is 7.90. The molecule has 114 valence electrons. The van der Waals surface area contributed by atoms with Gasteiger partial charge < -0.3 is 5.11 Å². The van der Waals surface area contributed by atoms with Gasteiger partial charge in [0.2, 0.25) is 20.0 Å². The Labute approximate surface area is 113 Å². The van der Waals surface area contributed by atoms with Crippen molar-refractivity contribution in [2.24, 2.45) is 0 Å². The zero-order valence-electron chi connectivity index (χ0n) is 11.2. The molecule has 0 saturated heterocycles. The average Bonchev–Trinajstić information content (AvgIpc) is 2.25. The van der Waals surface area contributed by atoms with Crippen molar-refractivity contribution in [1.82, 2.24) is 9.03 Å². The van der Waals surface area contributed by atoms with Crippen LogP contribution in [0, 0.1) is 0 Å². The lowest BCUT2D eigenvalue weighted by Gasteiger charge is -2.17. The first-order chi connectivity index (χ1) is 8.52.